The quantitative estimate of drug-likeness (QED) is 0.607. The second-order valence-corrected chi connectivity index (χ2v) is 8.61. The maximum Gasteiger partial charge on any atom is 0.230 e. The van der Waals surface area contributed by atoms with Crippen molar-refractivity contribution in [3.05, 3.63) is 83.2 Å². The SMILES string of the molecule is Cc1ncc(-c2ccc(F)cc2)c(C2CCCN(C(=O)C3CC(=O)c4ccccc43)C2)n1. The highest BCUT2D eigenvalue weighted by Crippen LogP contribution is 2.37. The number of aryl methyl sites for hydroxylation is 1. The third kappa shape index (κ3) is 3.70. The first-order valence-corrected chi connectivity index (χ1v) is 11.0. The van der Waals surface area contributed by atoms with E-state index in [0.29, 0.717) is 24.5 Å². The van der Waals surface area contributed by atoms with Gasteiger partial charge in [0.25, 0.3) is 0 Å². The van der Waals surface area contributed by atoms with Crippen LogP contribution in [0, 0.1) is 12.7 Å². The predicted octanol–water partition coefficient (Wildman–Crippen LogP) is 4.67. The summed E-state index contributed by atoms with van der Waals surface area (Å²) in [4.78, 5) is 36.8. The van der Waals surface area contributed by atoms with E-state index in [1.807, 2.05) is 36.1 Å². The first kappa shape index (κ1) is 20.5. The van der Waals surface area contributed by atoms with Gasteiger partial charge in [-0.15, -0.1) is 0 Å². The van der Waals surface area contributed by atoms with Gasteiger partial charge in [0.1, 0.15) is 11.6 Å². The van der Waals surface area contributed by atoms with Crippen LogP contribution in [-0.4, -0.2) is 39.6 Å². The normalized spacial score (nSPS) is 20.3. The number of benzene rings is 2. The summed E-state index contributed by atoms with van der Waals surface area (Å²) in [5.74, 6) is 0.0939. The average molecular weight is 429 g/mol. The van der Waals surface area contributed by atoms with Gasteiger partial charge in [0.2, 0.25) is 5.91 Å². The van der Waals surface area contributed by atoms with Crippen molar-refractivity contribution in [3.8, 4) is 11.1 Å². The summed E-state index contributed by atoms with van der Waals surface area (Å²) in [7, 11) is 0. The molecule has 2 heterocycles. The van der Waals surface area contributed by atoms with Gasteiger partial charge in [0.05, 0.1) is 11.6 Å². The Labute approximate surface area is 186 Å². The first-order valence-electron chi connectivity index (χ1n) is 11.0. The summed E-state index contributed by atoms with van der Waals surface area (Å²) in [5.41, 5.74) is 4.14. The molecule has 162 valence electrons. The zero-order chi connectivity index (χ0) is 22.2. The maximum atomic E-state index is 13.4. The van der Waals surface area contributed by atoms with Gasteiger partial charge in [0, 0.05) is 42.8 Å². The van der Waals surface area contributed by atoms with Gasteiger partial charge >= 0.3 is 0 Å². The Morgan fingerprint density at radius 2 is 1.88 bits per heavy atom. The second-order valence-electron chi connectivity index (χ2n) is 8.61. The van der Waals surface area contributed by atoms with Gasteiger partial charge in [0.15, 0.2) is 5.78 Å². The number of carbonyl (C=O) groups is 2. The highest BCUT2D eigenvalue weighted by atomic mass is 19.1. The van der Waals surface area contributed by atoms with Crippen LogP contribution in [0.25, 0.3) is 11.1 Å². The van der Waals surface area contributed by atoms with Crippen LogP contribution < -0.4 is 0 Å². The lowest BCUT2D eigenvalue weighted by atomic mass is 9.89. The molecule has 2 unspecified atom stereocenters. The highest BCUT2D eigenvalue weighted by Gasteiger charge is 2.38. The summed E-state index contributed by atoms with van der Waals surface area (Å²) in [5, 5.41) is 0. The van der Waals surface area contributed by atoms with Crippen LogP contribution in [0.5, 0.6) is 0 Å². The van der Waals surface area contributed by atoms with Gasteiger partial charge in [-0.2, -0.15) is 0 Å². The van der Waals surface area contributed by atoms with E-state index in [4.69, 9.17) is 4.98 Å². The number of nitrogens with zero attached hydrogens (tertiary/aromatic N) is 3. The summed E-state index contributed by atoms with van der Waals surface area (Å²) in [6, 6.07) is 13.8. The molecule has 1 aromatic heterocycles. The van der Waals surface area contributed by atoms with Gasteiger partial charge < -0.3 is 4.90 Å². The molecule has 0 bridgehead atoms. The Balaban J connectivity index is 1.43. The fourth-order valence-corrected chi connectivity index (χ4v) is 4.95. The lowest BCUT2D eigenvalue weighted by Crippen LogP contribution is -2.41. The van der Waals surface area contributed by atoms with Gasteiger partial charge in [-0.25, -0.2) is 14.4 Å². The molecule has 5 rings (SSSR count). The first-order chi connectivity index (χ1) is 15.5. The molecule has 2 aliphatic rings. The van der Waals surface area contributed by atoms with E-state index >= 15 is 0 Å². The Morgan fingerprint density at radius 3 is 2.69 bits per heavy atom. The zero-order valence-electron chi connectivity index (χ0n) is 17.9. The fraction of sp³-hybridized carbons (Fsp3) is 0.308. The Morgan fingerprint density at radius 1 is 1.09 bits per heavy atom. The third-order valence-electron chi connectivity index (χ3n) is 6.54. The van der Waals surface area contributed by atoms with E-state index in [0.717, 1.165) is 35.2 Å². The number of fused-ring (bicyclic) bond motifs is 1. The molecular weight excluding hydrogens is 405 g/mol. The van der Waals surface area contributed by atoms with Crippen LogP contribution in [0.4, 0.5) is 4.39 Å². The largest absolute Gasteiger partial charge is 0.341 e. The minimum absolute atomic E-state index is 0.0158. The molecule has 6 heteroatoms. The molecule has 5 nitrogen and oxygen atoms in total. The number of halogens is 1. The van der Waals surface area contributed by atoms with Crippen molar-refractivity contribution < 1.29 is 14.0 Å². The van der Waals surface area contributed by atoms with E-state index in [-0.39, 0.29) is 29.8 Å². The molecule has 1 aliphatic carbocycles. The standard InChI is InChI=1S/C26H24FN3O2/c1-16-28-14-23(17-8-10-19(27)11-9-17)25(29-16)18-5-4-12-30(15-18)26(32)22-13-24(31)21-7-3-2-6-20(21)22/h2-3,6-11,14,18,22H,4-5,12-13,15H2,1H3. The van der Waals surface area contributed by atoms with Crippen molar-refractivity contribution in [2.24, 2.45) is 0 Å². The average Bonchev–Trinajstić information content (AvgIpc) is 3.16. The van der Waals surface area contributed by atoms with E-state index < -0.39 is 5.92 Å². The van der Waals surface area contributed by atoms with Gasteiger partial charge in [-0.05, 0) is 43.0 Å². The molecule has 2 aromatic carbocycles. The number of carbonyl (C=O) groups excluding carboxylic acids is 2. The van der Waals surface area contributed by atoms with Crippen LogP contribution >= 0.6 is 0 Å². The fourth-order valence-electron chi connectivity index (χ4n) is 4.95. The predicted molar refractivity (Wildman–Crippen MR) is 119 cm³/mol. The van der Waals surface area contributed by atoms with Crippen LogP contribution in [0.15, 0.2) is 54.7 Å². The molecule has 1 aliphatic heterocycles. The number of amides is 1. The zero-order valence-corrected chi connectivity index (χ0v) is 17.9. The van der Waals surface area contributed by atoms with Gasteiger partial charge in [-0.3, -0.25) is 9.59 Å². The number of Topliss-reactive ketones (excluding diaryl/α,β-unsaturated/α-hetero) is 1. The van der Waals surface area contributed by atoms with Crippen molar-refractivity contribution in [1.82, 2.24) is 14.9 Å². The number of rotatable bonds is 3. The Bertz CT molecular complexity index is 1190. The molecule has 0 spiro atoms. The lowest BCUT2D eigenvalue weighted by Gasteiger charge is -2.35. The molecule has 0 N–H and O–H groups in total. The molecule has 1 fully saturated rings. The summed E-state index contributed by atoms with van der Waals surface area (Å²) in [6.07, 6.45) is 3.81. The number of hydrogen-bond acceptors (Lipinski definition) is 4. The summed E-state index contributed by atoms with van der Waals surface area (Å²) >= 11 is 0. The van der Waals surface area contributed by atoms with Crippen molar-refractivity contribution in [2.45, 2.75) is 38.0 Å². The molecule has 0 radical (unpaired) electrons. The number of likely N-dealkylation sites (tertiary alicyclic amines) is 1. The van der Waals surface area contributed by atoms with Crippen LogP contribution in [0.2, 0.25) is 0 Å². The minimum atomic E-state index is -0.402. The molecule has 3 aromatic rings. The number of aromatic nitrogens is 2. The molecule has 1 saturated heterocycles. The smallest absolute Gasteiger partial charge is 0.230 e. The minimum Gasteiger partial charge on any atom is -0.341 e. The molecule has 1 amide bonds. The number of piperidine rings is 1. The summed E-state index contributed by atoms with van der Waals surface area (Å²) in [6.45, 7) is 3.08. The molecule has 0 saturated carbocycles. The van der Waals surface area contributed by atoms with E-state index in [1.165, 1.54) is 12.1 Å². The van der Waals surface area contributed by atoms with Gasteiger partial charge in [-0.1, -0.05) is 36.4 Å². The maximum absolute atomic E-state index is 13.4. The van der Waals surface area contributed by atoms with Crippen molar-refractivity contribution in [2.75, 3.05) is 13.1 Å². The molecular formula is C26H24FN3O2. The molecule has 2 atom stereocenters. The van der Waals surface area contributed by atoms with Crippen LogP contribution in [0.3, 0.4) is 0 Å². The Kier molecular flexibility index (Phi) is 5.29. The van der Waals surface area contributed by atoms with Crippen molar-refractivity contribution in [1.29, 1.82) is 0 Å². The number of ketones is 1. The lowest BCUT2D eigenvalue weighted by molar-refractivity contribution is -0.133. The third-order valence-corrected chi connectivity index (χ3v) is 6.54. The monoisotopic (exact) mass is 429 g/mol. The van der Waals surface area contributed by atoms with Crippen LogP contribution in [-0.2, 0) is 4.79 Å². The number of hydrogen-bond donors (Lipinski definition) is 0. The molecule has 32 heavy (non-hydrogen) atoms. The van der Waals surface area contributed by atoms with E-state index in [9.17, 15) is 14.0 Å². The van der Waals surface area contributed by atoms with E-state index in [2.05, 4.69) is 4.98 Å². The van der Waals surface area contributed by atoms with Crippen molar-refractivity contribution >= 4 is 11.7 Å². The topological polar surface area (TPSA) is 63.2 Å². The Hall–Kier alpha value is -3.41. The second kappa shape index (κ2) is 8.26. The van der Waals surface area contributed by atoms with Crippen LogP contribution in [0.1, 0.15) is 58.5 Å². The van der Waals surface area contributed by atoms with E-state index in [1.54, 1.807) is 18.3 Å². The highest BCUT2D eigenvalue weighted by molar-refractivity contribution is 6.06. The van der Waals surface area contributed by atoms with Crippen molar-refractivity contribution in [3.63, 3.8) is 0 Å². The summed E-state index contributed by atoms with van der Waals surface area (Å²) < 4.78 is 13.4.